The average Bonchev–Trinajstić information content (AvgIpc) is 2.26. The molecule has 86 valence electrons. The standard InChI is InChI=1S/C13H16O3/c1-11(15)16-13-9-5-4-8-12(13)7-3-2-6-10-14/h3-5,7-9,14H,2,6,10H2,1H3. The molecule has 0 amide bonds. The minimum atomic E-state index is -0.323. The molecule has 0 radical (unpaired) electrons. The predicted octanol–water partition coefficient (Wildman–Crippen LogP) is 2.40. The van der Waals surface area contributed by atoms with E-state index in [0.717, 1.165) is 18.4 Å². The van der Waals surface area contributed by atoms with Crippen molar-refractivity contribution < 1.29 is 14.6 Å². The van der Waals surface area contributed by atoms with Gasteiger partial charge in [0.15, 0.2) is 0 Å². The van der Waals surface area contributed by atoms with E-state index in [1.807, 2.05) is 30.4 Å². The van der Waals surface area contributed by atoms with Crippen molar-refractivity contribution in [3.63, 3.8) is 0 Å². The first-order valence-electron chi connectivity index (χ1n) is 5.29. The number of carbonyl (C=O) groups excluding carboxylic acids is 1. The number of hydrogen-bond acceptors (Lipinski definition) is 3. The molecule has 0 aliphatic heterocycles. The molecule has 0 fully saturated rings. The zero-order valence-electron chi connectivity index (χ0n) is 9.35. The topological polar surface area (TPSA) is 46.5 Å². The maximum Gasteiger partial charge on any atom is 0.308 e. The maximum atomic E-state index is 10.9. The number of esters is 1. The van der Waals surface area contributed by atoms with Crippen molar-refractivity contribution in [1.82, 2.24) is 0 Å². The van der Waals surface area contributed by atoms with Crippen LogP contribution in [0.5, 0.6) is 5.75 Å². The van der Waals surface area contributed by atoms with Crippen LogP contribution >= 0.6 is 0 Å². The van der Waals surface area contributed by atoms with Crippen molar-refractivity contribution in [3.8, 4) is 5.75 Å². The van der Waals surface area contributed by atoms with Crippen LogP contribution in [0.3, 0.4) is 0 Å². The van der Waals surface area contributed by atoms with E-state index in [4.69, 9.17) is 9.84 Å². The molecule has 0 heterocycles. The quantitative estimate of drug-likeness (QED) is 0.471. The zero-order valence-corrected chi connectivity index (χ0v) is 9.35. The fraction of sp³-hybridized carbons (Fsp3) is 0.308. The van der Waals surface area contributed by atoms with Gasteiger partial charge in [0, 0.05) is 19.1 Å². The van der Waals surface area contributed by atoms with E-state index in [0.29, 0.717) is 5.75 Å². The third kappa shape index (κ3) is 4.28. The normalized spacial score (nSPS) is 10.6. The molecule has 3 nitrogen and oxygen atoms in total. The largest absolute Gasteiger partial charge is 0.426 e. The van der Waals surface area contributed by atoms with Gasteiger partial charge >= 0.3 is 5.97 Å². The van der Waals surface area contributed by atoms with Crippen LogP contribution in [-0.2, 0) is 4.79 Å². The molecule has 1 aromatic rings. The fourth-order valence-corrected chi connectivity index (χ4v) is 1.29. The summed E-state index contributed by atoms with van der Waals surface area (Å²) >= 11 is 0. The molecule has 3 heteroatoms. The molecular formula is C13H16O3. The average molecular weight is 220 g/mol. The van der Waals surface area contributed by atoms with Crippen molar-refractivity contribution >= 4 is 12.0 Å². The first-order chi connectivity index (χ1) is 7.74. The number of unbranched alkanes of at least 4 members (excludes halogenated alkanes) is 1. The Kier molecular flexibility index (Phi) is 5.29. The Hall–Kier alpha value is -1.61. The summed E-state index contributed by atoms with van der Waals surface area (Å²) in [7, 11) is 0. The molecule has 0 aliphatic carbocycles. The van der Waals surface area contributed by atoms with Gasteiger partial charge in [0.25, 0.3) is 0 Å². The van der Waals surface area contributed by atoms with Gasteiger partial charge in [-0.15, -0.1) is 0 Å². The number of aliphatic hydroxyl groups excluding tert-OH is 1. The molecule has 0 saturated heterocycles. The highest BCUT2D eigenvalue weighted by Crippen LogP contribution is 2.19. The van der Waals surface area contributed by atoms with Crippen LogP contribution in [0.25, 0.3) is 6.08 Å². The van der Waals surface area contributed by atoms with Crippen LogP contribution in [0.2, 0.25) is 0 Å². The zero-order chi connectivity index (χ0) is 11.8. The minimum absolute atomic E-state index is 0.190. The second-order valence-corrected chi connectivity index (χ2v) is 3.40. The lowest BCUT2D eigenvalue weighted by atomic mass is 10.1. The van der Waals surface area contributed by atoms with Crippen LogP contribution in [0.1, 0.15) is 25.3 Å². The Morgan fingerprint density at radius 1 is 1.44 bits per heavy atom. The molecule has 1 rings (SSSR count). The molecular weight excluding hydrogens is 204 g/mol. The molecule has 16 heavy (non-hydrogen) atoms. The predicted molar refractivity (Wildman–Crippen MR) is 63.1 cm³/mol. The highest BCUT2D eigenvalue weighted by Gasteiger charge is 2.01. The van der Waals surface area contributed by atoms with E-state index in [1.54, 1.807) is 6.07 Å². The van der Waals surface area contributed by atoms with Gasteiger partial charge in [0.05, 0.1) is 0 Å². The molecule has 1 aromatic carbocycles. The summed E-state index contributed by atoms with van der Waals surface area (Å²) in [6, 6.07) is 7.35. The van der Waals surface area contributed by atoms with Crippen molar-refractivity contribution in [2.24, 2.45) is 0 Å². The van der Waals surface area contributed by atoms with Gasteiger partial charge in [-0.05, 0) is 18.9 Å². The number of hydrogen-bond donors (Lipinski definition) is 1. The van der Waals surface area contributed by atoms with Gasteiger partial charge in [-0.25, -0.2) is 0 Å². The highest BCUT2D eigenvalue weighted by atomic mass is 16.5. The first-order valence-corrected chi connectivity index (χ1v) is 5.29. The number of carbonyl (C=O) groups is 1. The third-order valence-corrected chi connectivity index (χ3v) is 2.00. The van der Waals surface area contributed by atoms with Gasteiger partial charge in [-0.2, -0.15) is 0 Å². The van der Waals surface area contributed by atoms with Crippen LogP contribution in [0.4, 0.5) is 0 Å². The lowest BCUT2D eigenvalue weighted by Gasteiger charge is -2.04. The van der Waals surface area contributed by atoms with Crippen LogP contribution < -0.4 is 4.74 Å². The molecule has 1 N–H and O–H groups in total. The van der Waals surface area contributed by atoms with Crippen molar-refractivity contribution in [1.29, 1.82) is 0 Å². The summed E-state index contributed by atoms with van der Waals surface area (Å²) in [5, 5.41) is 8.63. The number of benzene rings is 1. The number of aliphatic hydroxyl groups is 1. The molecule has 0 atom stereocenters. The van der Waals surface area contributed by atoms with Gasteiger partial charge in [-0.3, -0.25) is 4.79 Å². The smallest absolute Gasteiger partial charge is 0.308 e. The number of ether oxygens (including phenoxy) is 1. The number of para-hydroxylation sites is 1. The minimum Gasteiger partial charge on any atom is -0.426 e. The van der Waals surface area contributed by atoms with Crippen molar-refractivity contribution in [3.05, 3.63) is 35.9 Å². The summed E-state index contributed by atoms with van der Waals surface area (Å²) < 4.78 is 5.06. The first kappa shape index (κ1) is 12.5. The van der Waals surface area contributed by atoms with Gasteiger partial charge in [0.1, 0.15) is 5.75 Å². The lowest BCUT2D eigenvalue weighted by molar-refractivity contribution is -0.131. The van der Waals surface area contributed by atoms with Gasteiger partial charge < -0.3 is 9.84 Å². The molecule has 0 spiro atoms. The highest BCUT2D eigenvalue weighted by molar-refractivity contribution is 5.71. The summed E-state index contributed by atoms with van der Waals surface area (Å²) in [5.74, 6) is 0.242. The Labute approximate surface area is 95.4 Å². The number of rotatable bonds is 5. The number of allylic oxidation sites excluding steroid dienone is 1. The molecule has 0 saturated carbocycles. The van der Waals surface area contributed by atoms with E-state index in [2.05, 4.69) is 0 Å². The van der Waals surface area contributed by atoms with E-state index >= 15 is 0 Å². The molecule has 0 aliphatic rings. The van der Waals surface area contributed by atoms with Crippen LogP contribution in [-0.4, -0.2) is 17.7 Å². The second-order valence-electron chi connectivity index (χ2n) is 3.40. The molecule has 0 aromatic heterocycles. The Balaban J connectivity index is 2.70. The monoisotopic (exact) mass is 220 g/mol. The van der Waals surface area contributed by atoms with Crippen molar-refractivity contribution in [2.75, 3.05) is 6.61 Å². The second kappa shape index (κ2) is 6.80. The molecule has 0 unspecified atom stereocenters. The summed E-state index contributed by atoms with van der Waals surface area (Å²) in [5.41, 5.74) is 0.871. The summed E-state index contributed by atoms with van der Waals surface area (Å²) in [4.78, 5) is 10.9. The van der Waals surface area contributed by atoms with Crippen LogP contribution in [0, 0.1) is 0 Å². The van der Waals surface area contributed by atoms with E-state index in [9.17, 15) is 4.79 Å². The van der Waals surface area contributed by atoms with E-state index < -0.39 is 0 Å². The lowest BCUT2D eigenvalue weighted by Crippen LogP contribution is -2.02. The molecule has 0 bridgehead atoms. The Morgan fingerprint density at radius 3 is 2.88 bits per heavy atom. The van der Waals surface area contributed by atoms with Gasteiger partial charge in [0.2, 0.25) is 0 Å². The van der Waals surface area contributed by atoms with Crippen LogP contribution in [0.15, 0.2) is 30.3 Å². The maximum absolute atomic E-state index is 10.9. The summed E-state index contributed by atoms with van der Waals surface area (Å²) in [6.45, 7) is 1.57. The van der Waals surface area contributed by atoms with E-state index in [1.165, 1.54) is 6.92 Å². The fourth-order valence-electron chi connectivity index (χ4n) is 1.29. The summed E-state index contributed by atoms with van der Waals surface area (Å²) in [6.07, 6.45) is 5.41. The van der Waals surface area contributed by atoms with E-state index in [-0.39, 0.29) is 12.6 Å². The van der Waals surface area contributed by atoms with Gasteiger partial charge in [-0.1, -0.05) is 30.4 Å². The third-order valence-electron chi connectivity index (χ3n) is 2.00. The Morgan fingerprint density at radius 2 is 2.19 bits per heavy atom. The SMILES string of the molecule is CC(=O)Oc1ccccc1C=CCCCO. The Bertz CT molecular complexity index is 369. The van der Waals surface area contributed by atoms with Crippen molar-refractivity contribution in [2.45, 2.75) is 19.8 Å².